The number of hydrogen-bond donors (Lipinski definition) is 0. The molecule has 3 heterocycles. The van der Waals surface area contributed by atoms with Crippen molar-refractivity contribution in [2.45, 2.75) is 5.92 Å². The summed E-state index contributed by atoms with van der Waals surface area (Å²) in [7, 11) is -0.906. The minimum absolute atomic E-state index is 0.116. The lowest BCUT2D eigenvalue weighted by molar-refractivity contribution is 0.293. The van der Waals surface area contributed by atoms with Crippen molar-refractivity contribution in [1.82, 2.24) is 0 Å². The fourth-order valence-electron chi connectivity index (χ4n) is 5.58. The zero-order valence-corrected chi connectivity index (χ0v) is 18.8. The molecule has 0 radical (unpaired) electrons. The molecule has 35 heavy (non-hydrogen) atoms. The van der Waals surface area contributed by atoms with Gasteiger partial charge in [0.05, 0.1) is 0 Å². The van der Waals surface area contributed by atoms with E-state index in [0.29, 0.717) is 0 Å². The first-order valence-corrected chi connectivity index (χ1v) is 11.9. The number of hydrogen-bond acceptors (Lipinski definition) is 3. The van der Waals surface area contributed by atoms with E-state index in [4.69, 9.17) is 14.0 Å². The molecule has 3 aliphatic heterocycles. The Morgan fingerprint density at radius 2 is 0.686 bits per heavy atom. The molecule has 3 aliphatic rings. The third-order valence-corrected chi connectivity index (χ3v) is 7.24. The maximum absolute atomic E-state index is 6.41. The maximum atomic E-state index is 6.41. The molecule has 0 saturated carbocycles. The van der Waals surface area contributed by atoms with Gasteiger partial charge in [-0.3, -0.25) is 0 Å². The molecule has 0 saturated heterocycles. The average Bonchev–Trinajstić information content (AvgIpc) is 2.87. The molecule has 0 N–H and O–H groups in total. The smallest absolute Gasteiger partial charge is 0.489 e. The molecule has 164 valence electrons. The minimum atomic E-state index is -0.906. The molecule has 0 amide bonds. The summed E-state index contributed by atoms with van der Waals surface area (Å²) >= 11 is 0. The van der Waals surface area contributed by atoms with Gasteiger partial charge in [-0.1, -0.05) is 72.8 Å². The van der Waals surface area contributed by atoms with E-state index in [1.54, 1.807) is 0 Å². The van der Waals surface area contributed by atoms with Crippen LogP contribution in [0.5, 0.6) is 17.2 Å². The van der Waals surface area contributed by atoms with Gasteiger partial charge in [-0.25, -0.2) is 0 Å². The van der Waals surface area contributed by atoms with Crippen molar-refractivity contribution in [3.63, 3.8) is 0 Å². The van der Waals surface area contributed by atoms with Crippen LogP contribution in [0.3, 0.4) is 0 Å². The third kappa shape index (κ3) is 2.86. The summed E-state index contributed by atoms with van der Waals surface area (Å²) in [6.45, 7) is 0. The average molecular weight is 450 g/mol. The minimum Gasteiger partial charge on any atom is -0.489 e. The third-order valence-electron chi connectivity index (χ3n) is 7.24. The van der Waals surface area contributed by atoms with E-state index < -0.39 is 7.32 Å². The largest absolute Gasteiger partial charge is 0.864 e. The molecular weight excluding hydrogens is 431 g/mol. The molecule has 0 atom stereocenters. The highest BCUT2D eigenvalue weighted by Crippen LogP contribution is 2.50. The molecule has 4 heteroatoms. The summed E-state index contributed by atoms with van der Waals surface area (Å²) in [6, 6.07) is 38.3. The summed E-state index contributed by atoms with van der Waals surface area (Å²) in [5.41, 5.74) is 3.36. The van der Waals surface area contributed by atoms with Crippen LogP contribution in [0.2, 0.25) is 0 Å². The predicted molar refractivity (Wildman–Crippen MR) is 140 cm³/mol. The molecule has 6 aromatic rings. The van der Waals surface area contributed by atoms with Gasteiger partial charge in [0.2, 0.25) is 0 Å². The van der Waals surface area contributed by atoms with Crippen LogP contribution in [0, 0.1) is 0 Å². The van der Waals surface area contributed by atoms with Gasteiger partial charge in [0, 0.05) is 22.6 Å². The Bertz CT molecular complexity index is 1600. The van der Waals surface area contributed by atoms with Crippen molar-refractivity contribution in [2.75, 3.05) is 0 Å². The highest BCUT2D eigenvalue weighted by molar-refractivity contribution is 6.40. The Kier molecular flexibility index (Phi) is 3.80. The van der Waals surface area contributed by atoms with E-state index in [1.165, 1.54) is 16.2 Å². The van der Waals surface area contributed by atoms with E-state index in [-0.39, 0.29) is 5.92 Å². The van der Waals surface area contributed by atoms with Gasteiger partial charge in [0.25, 0.3) is 0 Å². The van der Waals surface area contributed by atoms with E-state index >= 15 is 0 Å². The standard InChI is InChI=1S/C31H19BO3/c1-4-10-22-16-28-25(13-19(22)7-1)31-26-14-20-8-2-5-11-23(20)17-29(26)34-32(33-28)35-30-18-24-12-6-3-9-21(24)15-27(30)31/h1-18,31H. The van der Waals surface area contributed by atoms with Gasteiger partial charge in [-0.05, 0) is 68.7 Å². The van der Waals surface area contributed by atoms with Crippen LogP contribution in [-0.2, 0) is 0 Å². The van der Waals surface area contributed by atoms with Crippen LogP contribution in [0.15, 0.2) is 109 Å². The Morgan fingerprint density at radius 1 is 0.400 bits per heavy atom. The molecule has 6 aromatic carbocycles. The zero-order valence-electron chi connectivity index (χ0n) is 18.8. The number of rotatable bonds is 0. The van der Waals surface area contributed by atoms with Crippen molar-refractivity contribution in [1.29, 1.82) is 0 Å². The van der Waals surface area contributed by atoms with Crippen LogP contribution >= 0.6 is 0 Å². The molecule has 0 fully saturated rings. The normalized spacial score (nSPS) is 14.2. The first-order valence-electron chi connectivity index (χ1n) is 11.9. The molecule has 3 nitrogen and oxygen atoms in total. The Hall–Kier alpha value is -4.44. The second-order valence-electron chi connectivity index (χ2n) is 9.29. The van der Waals surface area contributed by atoms with Gasteiger partial charge >= 0.3 is 7.32 Å². The summed E-state index contributed by atoms with van der Waals surface area (Å²) < 4.78 is 19.2. The Balaban J connectivity index is 1.51. The molecule has 9 rings (SSSR count). The Labute approximate surface area is 202 Å². The van der Waals surface area contributed by atoms with Crippen molar-refractivity contribution >= 4 is 39.6 Å². The van der Waals surface area contributed by atoms with Gasteiger partial charge in [-0.15, -0.1) is 0 Å². The molecule has 0 spiro atoms. The highest BCUT2D eigenvalue weighted by atomic mass is 16.7. The maximum Gasteiger partial charge on any atom is 0.864 e. The van der Waals surface area contributed by atoms with Crippen LogP contribution < -0.4 is 14.0 Å². The topological polar surface area (TPSA) is 27.7 Å². The summed E-state index contributed by atoms with van der Waals surface area (Å²) in [5, 5.41) is 6.93. The zero-order chi connectivity index (χ0) is 22.9. The van der Waals surface area contributed by atoms with E-state index in [9.17, 15) is 0 Å². The van der Waals surface area contributed by atoms with Crippen LogP contribution in [0.1, 0.15) is 22.6 Å². The summed E-state index contributed by atoms with van der Waals surface area (Å²) in [6.07, 6.45) is 0. The molecular formula is C31H19BO3. The molecule has 0 aromatic heterocycles. The van der Waals surface area contributed by atoms with Crippen molar-refractivity contribution in [3.05, 3.63) is 126 Å². The summed E-state index contributed by atoms with van der Waals surface area (Å²) in [5.74, 6) is 2.25. The fourth-order valence-corrected chi connectivity index (χ4v) is 5.58. The second kappa shape index (κ2) is 7.03. The van der Waals surface area contributed by atoms with Crippen LogP contribution in [0.25, 0.3) is 32.3 Å². The summed E-state index contributed by atoms with van der Waals surface area (Å²) in [4.78, 5) is 0. The molecule has 0 unspecified atom stereocenters. The van der Waals surface area contributed by atoms with Gasteiger partial charge < -0.3 is 14.0 Å². The Morgan fingerprint density at radius 3 is 1.00 bits per heavy atom. The quantitative estimate of drug-likeness (QED) is 0.225. The fraction of sp³-hybridized carbons (Fsp3) is 0.0323. The number of fused-ring (bicyclic) bond motifs is 3. The lowest BCUT2D eigenvalue weighted by Gasteiger charge is -2.33. The SMILES string of the molecule is c1ccc2cc3c(cc2c1)OB1Oc2cc4ccccc4cc2C3c2cc3ccccc3cc2O1. The first-order chi connectivity index (χ1) is 17.3. The monoisotopic (exact) mass is 450 g/mol. The lowest BCUT2D eigenvalue weighted by Crippen LogP contribution is -2.40. The van der Waals surface area contributed by atoms with Gasteiger partial charge in [0.1, 0.15) is 17.2 Å². The van der Waals surface area contributed by atoms with Gasteiger partial charge in [0.15, 0.2) is 0 Å². The van der Waals surface area contributed by atoms with E-state index in [2.05, 4.69) is 91.0 Å². The first kappa shape index (κ1) is 18.9. The predicted octanol–water partition coefficient (Wildman–Crippen LogP) is 7.47. The second-order valence-corrected chi connectivity index (χ2v) is 9.29. The van der Waals surface area contributed by atoms with Crippen molar-refractivity contribution in [2.24, 2.45) is 0 Å². The van der Waals surface area contributed by atoms with Gasteiger partial charge in [-0.2, -0.15) is 0 Å². The highest BCUT2D eigenvalue weighted by Gasteiger charge is 2.41. The van der Waals surface area contributed by atoms with Crippen LogP contribution in [0.4, 0.5) is 0 Å². The van der Waals surface area contributed by atoms with E-state index in [0.717, 1.165) is 50.1 Å². The lowest BCUT2D eigenvalue weighted by atomic mass is 9.79. The van der Waals surface area contributed by atoms with Crippen molar-refractivity contribution in [3.8, 4) is 17.2 Å². The molecule has 0 aliphatic carbocycles. The van der Waals surface area contributed by atoms with Crippen LogP contribution in [-0.4, -0.2) is 7.32 Å². The molecule has 2 bridgehead atoms. The van der Waals surface area contributed by atoms with E-state index in [1.807, 2.05) is 18.2 Å². The van der Waals surface area contributed by atoms with Crippen molar-refractivity contribution < 1.29 is 14.0 Å². The number of benzene rings is 6.